The molecule has 0 radical (unpaired) electrons. The van der Waals surface area contributed by atoms with Gasteiger partial charge >= 0.3 is 39.5 Å². The quantitative estimate of drug-likeness (QED) is 0.0169. The van der Waals surface area contributed by atoms with E-state index in [4.69, 9.17) is 37.0 Å². The molecular weight excluding hydrogens is 1260 g/mol. The van der Waals surface area contributed by atoms with Gasteiger partial charge in [0, 0.05) is 25.7 Å². The van der Waals surface area contributed by atoms with Crippen LogP contribution in [0.25, 0.3) is 0 Å². The Morgan fingerprint density at radius 1 is 0.281 bits per heavy atom. The summed E-state index contributed by atoms with van der Waals surface area (Å²) < 4.78 is 68.5. The van der Waals surface area contributed by atoms with Gasteiger partial charge in [-0.15, -0.1) is 0 Å². The largest absolute Gasteiger partial charge is 0.472 e. The molecule has 0 aliphatic heterocycles. The highest BCUT2D eigenvalue weighted by atomic mass is 31.2. The van der Waals surface area contributed by atoms with E-state index in [9.17, 15) is 43.2 Å². The first kappa shape index (κ1) is 93.0. The molecule has 0 bridgehead atoms. The molecular formula is C77H142O17P2. The van der Waals surface area contributed by atoms with Crippen LogP contribution in [0.2, 0.25) is 0 Å². The number of phosphoric ester groups is 2. The Labute approximate surface area is 585 Å². The molecule has 0 rings (SSSR count). The van der Waals surface area contributed by atoms with Gasteiger partial charge in [-0.2, -0.15) is 0 Å². The van der Waals surface area contributed by atoms with E-state index in [-0.39, 0.29) is 25.7 Å². The number of aliphatic hydroxyl groups is 1. The molecule has 17 nitrogen and oxygen atoms in total. The van der Waals surface area contributed by atoms with E-state index in [1.165, 1.54) is 128 Å². The second-order valence-electron chi connectivity index (χ2n) is 26.3. The number of rotatable bonds is 74. The van der Waals surface area contributed by atoms with Crippen molar-refractivity contribution < 1.29 is 80.2 Å². The number of hydrogen-bond donors (Lipinski definition) is 3. The van der Waals surface area contributed by atoms with Crippen LogP contribution in [0.15, 0.2) is 48.6 Å². The van der Waals surface area contributed by atoms with Crippen molar-refractivity contribution in [3.63, 3.8) is 0 Å². The van der Waals surface area contributed by atoms with Gasteiger partial charge in [0.25, 0.3) is 0 Å². The fourth-order valence-corrected chi connectivity index (χ4v) is 12.3. The average Bonchev–Trinajstić information content (AvgIpc) is 1.17. The Balaban J connectivity index is 5.33. The molecule has 0 saturated heterocycles. The van der Waals surface area contributed by atoms with Crippen LogP contribution in [-0.4, -0.2) is 96.7 Å². The zero-order valence-electron chi connectivity index (χ0n) is 61.3. The number of esters is 4. The predicted molar refractivity (Wildman–Crippen MR) is 390 cm³/mol. The van der Waals surface area contributed by atoms with Crippen molar-refractivity contribution in [2.45, 2.75) is 380 Å². The molecule has 562 valence electrons. The van der Waals surface area contributed by atoms with E-state index >= 15 is 0 Å². The fourth-order valence-electron chi connectivity index (χ4n) is 10.7. The van der Waals surface area contributed by atoms with E-state index in [0.717, 1.165) is 154 Å². The third-order valence-electron chi connectivity index (χ3n) is 16.7. The molecule has 0 aliphatic carbocycles. The van der Waals surface area contributed by atoms with Crippen LogP contribution in [0.5, 0.6) is 0 Å². The topological polar surface area (TPSA) is 237 Å². The number of allylic oxidation sites excluding steroid dienone is 8. The third kappa shape index (κ3) is 69.5. The molecule has 0 aromatic rings. The molecule has 0 aliphatic rings. The first-order valence-corrected chi connectivity index (χ1v) is 41.9. The maximum Gasteiger partial charge on any atom is 0.472 e. The van der Waals surface area contributed by atoms with Crippen LogP contribution in [0.1, 0.15) is 362 Å². The smallest absolute Gasteiger partial charge is 0.462 e. The summed E-state index contributed by atoms with van der Waals surface area (Å²) >= 11 is 0. The number of phosphoric acid groups is 2. The SMILES string of the molecule is CCCCCC/C=C\CCCCCCCC(=O)OCC(COP(=O)(O)OCC(O)COP(=O)(O)OCC(COC(=O)CCCCCCC/C=C\CCCCCCCC)OC(=O)CCCCCCC/C=C\CCCCCCCC)OC(=O)CCCCCCC/C=C\CCCCCC. The van der Waals surface area contributed by atoms with Crippen LogP contribution in [0.3, 0.4) is 0 Å². The monoisotopic (exact) mass is 1400 g/mol. The zero-order chi connectivity index (χ0) is 70.4. The van der Waals surface area contributed by atoms with Crippen molar-refractivity contribution in [1.29, 1.82) is 0 Å². The van der Waals surface area contributed by atoms with Gasteiger partial charge < -0.3 is 33.8 Å². The van der Waals surface area contributed by atoms with Crippen LogP contribution in [0, 0.1) is 0 Å². The summed E-state index contributed by atoms with van der Waals surface area (Å²) in [5, 5.41) is 10.6. The number of carbonyl (C=O) groups excluding carboxylic acids is 4. The first-order valence-electron chi connectivity index (χ1n) is 38.9. The van der Waals surface area contributed by atoms with Gasteiger partial charge in [0.15, 0.2) is 12.2 Å². The normalized spacial score (nSPS) is 14.2. The zero-order valence-corrected chi connectivity index (χ0v) is 63.1. The van der Waals surface area contributed by atoms with Gasteiger partial charge in [-0.1, -0.05) is 256 Å². The van der Waals surface area contributed by atoms with E-state index < -0.39 is 97.5 Å². The molecule has 0 amide bonds. The molecule has 19 heteroatoms. The highest BCUT2D eigenvalue weighted by Crippen LogP contribution is 2.45. The molecule has 5 unspecified atom stereocenters. The Kier molecular flexibility index (Phi) is 68.3. The molecule has 5 atom stereocenters. The first-order chi connectivity index (χ1) is 46.7. The summed E-state index contributed by atoms with van der Waals surface area (Å²) in [4.78, 5) is 72.8. The molecule has 0 fully saturated rings. The molecule has 0 aromatic carbocycles. The van der Waals surface area contributed by atoms with Gasteiger partial charge in [-0.05, 0) is 128 Å². The Morgan fingerprint density at radius 3 is 0.729 bits per heavy atom. The van der Waals surface area contributed by atoms with Gasteiger partial charge in [0.1, 0.15) is 19.3 Å². The minimum atomic E-state index is -4.97. The van der Waals surface area contributed by atoms with Crippen LogP contribution < -0.4 is 0 Å². The maximum atomic E-state index is 13.1. The number of carbonyl (C=O) groups is 4. The van der Waals surface area contributed by atoms with E-state index in [0.29, 0.717) is 25.7 Å². The van der Waals surface area contributed by atoms with Crippen molar-refractivity contribution in [3.05, 3.63) is 48.6 Å². The van der Waals surface area contributed by atoms with Crippen molar-refractivity contribution in [3.8, 4) is 0 Å². The standard InChI is InChI=1S/C77H142O17P2/c1-5-9-13-17-21-25-29-33-35-39-42-46-50-54-58-62-75(80)88-68-73(94-77(82)64-60-56-52-48-44-40-36-34-30-26-22-18-14-10-6-2)70-92-96(85,86)90-66-71(78)65-89-95(83,84)91-69-72(93-76(81)63-59-55-51-47-43-38-32-28-24-20-16-12-8-4)67-87-74(79)61-57-53-49-45-41-37-31-27-23-19-15-11-7-3/h27-28,31-36,71-73,78H,5-26,29-30,37-70H2,1-4H3,(H,83,84)(H,85,86)/b31-27-,32-28-,35-33-,36-34-. The summed E-state index contributed by atoms with van der Waals surface area (Å²) in [6.45, 7) is 4.86. The van der Waals surface area contributed by atoms with Crippen LogP contribution >= 0.6 is 15.6 Å². The molecule has 0 saturated carbocycles. The fraction of sp³-hybridized carbons (Fsp3) is 0.844. The summed E-state index contributed by atoms with van der Waals surface area (Å²) in [7, 11) is -9.94. The van der Waals surface area contributed by atoms with Crippen molar-refractivity contribution in [2.24, 2.45) is 0 Å². The second-order valence-corrected chi connectivity index (χ2v) is 29.2. The number of aliphatic hydroxyl groups excluding tert-OH is 1. The average molecular weight is 1400 g/mol. The maximum absolute atomic E-state index is 13.1. The molecule has 0 aromatic heterocycles. The lowest BCUT2D eigenvalue weighted by molar-refractivity contribution is -0.161. The molecule has 3 N–H and O–H groups in total. The lowest BCUT2D eigenvalue weighted by Gasteiger charge is -2.21. The Hall–Kier alpha value is -2.98. The highest BCUT2D eigenvalue weighted by Gasteiger charge is 2.30. The minimum absolute atomic E-state index is 0.0877. The Morgan fingerprint density at radius 2 is 0.479 bits per heavy atom. The highest BCUT2D eigenvalue weighted by molar-refractivity contribution is 7.47. The van der Waals surface area contributed by atoms with Crippen molar-refractivity contribution >= 4 is 39.5 Å². The summed E-state index contributed by atoms with van der Waals surface area (Å²) in [5.74, 6) is -2.18. The van der Waals surface area contributed by atoms with Crippen molar-refractivity contribution in [1.82, 2.24) is 0 Å². The predicted octanol–water partition coefficient (Wildman–Crippen LogP) is 22.1. The van der Waals surface area contributed by atoms with Gasteiger partial charge in [-0.3, -0.25) is 37.3 Å². The van der Waals surface area contributed by atoms with Gasteiger partial charge in [-0.25, -0.2) is 9.13 Å². The van der Waals surface area contributed by atoms with Crippen LogP contribution in [-0.2, 0) is 65.4 Å². The summed E-state index contributed by atoms with van der Waals surface area (Å²) in [5.41, 5.74) is 0. The Bertz CT molecular complexity index is 2010. The lowest BCUT2D eigenvalue weighted by atomic mass is 10.1. The molecule has 0 spiro atoms. The van der Waals surface area contributed by atoms with Crippen molar-refractivity contribution in [2.75, 3.05) is 39.6 Å². The van der Waals surface area contributed by atoms with E-state index in [2.05, 4.69) is 76.3 Å². The van der Waals surface area contributed by atoms with Gasteiger partial charge in [0.2, 0.25) is 0 Å². The number of hydrogen-bond acceptors (Lipinski definition) is 15. The number of ether oxygens (including phenoxy) is 4. The van der Waals surface area contributed by atoms with Crippen LogP contribution in [0.4, 0.5) is 0 Å². The second kappa shape index (κ2) is 70.5. The molecule has 0 heterocycles. The van der Waals surface area contributed by atoms with E-state index in [1.807, 2.05) is 0 Å². The summed E-state index contributed by atoms with van der Waals surface area (Å²) in [6, 6.07) is 0. The van der Waals surface area contributed by atoms with E-state index in [1.54, 1.807) is 0 Å². The molecule has 96 heavy (non-hydrogen) atoms. The minimum Gasteiger partial charge on any atom is -0.462 e. The lowest BCUT2D eigenvalue weighted by Crippen LogP contribution is -2.30. The number of unbranched alkanes of at least 4 members (excludes halogenated alkanes) is 40. The van der Waals surface area contributed by atoms with Gasteiger partial charge in [0.05, 0.1) is 26.4 Å². The summed E-state index contributed by atoms with van der Waals surface area (Å²) in [6.07, 6.45) is 66.6. The third-order valence-corrected chi connectivity index (χ3v) is 18.6.